The van der Waals surface area contributed by atoms with Crippen molar-refractivity contribution in [2.24, 2.45) is 0 Å². The molecular weight excluding hydrogens is 252 g/mol. The van der Waals surface area contributed by atoms with Gasteiger partial charge in [0.25, 0.3) is 0 Å². The van der Waals surface area contributed by atoms with Crippen LogP contribution in [0.3, 0.4) is 0 Å². The molecule has 0 aliphatic rings. The van der Waals surface area contributed by atoms with Gasteiger partial charge in [0.1, 0.15) is 23.2 Å². The number of nitriles is 1. The number of anilines is 1. The van der Waals surface area contributed by atoms with Crippen LogP contribution in [0.2, 0.25) is 0 Å². The lowest BCUT2D eigenvalue weighted by Gasteiger charge is -2.06. The number of aromatic nitrogens is 2. The van der Waals surface area contributed by atoms with E-state index < -0.39 is 0 Å². The predicted molar refractivity (Wildman–Crippen MR) is 77.9 cm³/mol. The van der Waals surface area contributed by atoms with E-state index in [1.165, 1.54) is 0 Å². The normalized spacial score (nSPS) is 10.2. The lowest BCUT2D eigenvalue weighted by atomic mass is 10.2. The van der Waals surface area contributed by atoms with Gasteiger partial charge in [-0.05, 0) is 37.6 Å². The SMILES string of the molecule is CCCc1nn(-c2ccc(OCC)cc2)c(N)c1C#N. The summed E-state index contributed by atoms with van der Waals surface area (Å²) in [6.07, 6.45) is 1.67. The fourth-order valence-corrected chi connectivity index (χ4v) is 2.06. The lowest BCUT2D eigenvalue weighted by molar-refractivity contribution is 0.340. The summed E-state index contributed by atoms with van der Waals surface area (Å²) in [6, 6.07) is 9.63. The highest BCUT2D eigenvalue weighted by Gasteiger charge is 2.15. The second-order valence-electron chi connectivity index (χ2n) is 4.41. The number of hydrogen-bond acceptors (Lipinski definition) is 4. The Bertz CT molecular complexity index is 623. The Kier molecular flexibility index (Phi) is 4.26. The molecule has 0 aliphatic carbocycles. The number of ether oxygens (including phenoxy) is 1. The van der Waals surface area contributed by atoms with Crippen molar-refractivity contribution >= 4 is 5.82 Å². The van der Waals surface area contributed by atoms with Crippen molar-refractivity contribution in [3.05, 3.63) is 35.5 Å². The van der Waals surface area contributed by atoms with Crippen molar-refractivity contribution in [3.8, 4) is 17.5 Å². The minimum absolute atomic E-state index is 0.389. The second-order valence-corrected chi connectivity index (χ2v) is 4.41. The molecule has 0 fully saturated rings. The van der Waals surface area contributed by atoms with E-state index in [-0.39, 0.29) is 0 Å². The Hall–Kier alpha value is -2.48. The molecule has 0 radical (unpaired) electrons. The van der Waals surface area contributed by atoms with E-state index in [9.17, 15) is 5.26 Å². The van der Waals surface area contributed by atoms with Gasteiger partial charge in [0, 0.05) is 0 Å². The van der Waals surface area contributed by atoms with Gasteiger partial charge < -0.3 is 10.5 Å². The van der Waals surface area contributed by atoms with Crippen LogP contribution in [0, 0.1) is 11.3 Å². The number of hydrogen-bond donors (Lipinski definition) is 1. The zero-order valence-corrected chi connectivity index (χ0v) is 11.8. The third-order valence-corrected chi connectivity index (χ3v) is 2.98. The molecule has 2 N–H and O–H groups in total. The van der Waals surface area contributed by atoms with E-state index in [1.807, 2.05) is 38.1 Å². The largest absolute Gasteiger partial charge is 0.494 e. The van der Waals surface area contributed by atoms with Crippen LogP contribution in [-0.4, -0.2) is 16.4 Å². The van der Waals surface area contributed by atoms with Gasteiger partial charge in [-0.2, -0.15) is 10.4 Å². The van der Waals surface area contributed by atoms with Gasteiger partial charge in [0.05, 0.1) is 18.0 Å². The first-order valence-corrected chi connectivity index (χ1v) is 6.72. The van der Waals surface area contributed by atoms with Crippen molar-refractivity contribution in [2.75, 3.05) is 12.3 Å². The van der Waals surface area contributed by atoms with Crippen LogP contribution in [0.1, 0.15) is 31.5 Å². The van der Waals surface area contributed by atoms with Crippen LogP contribution in [-0.2, 0) is 6.42 Å². The fraction of sp³-hybridized carbons (Fsp3) is 0.333. The maximum Gasteiger partial charge on any atom is 0.145 e. The van der Waals surface area contributed by atoms with E-state index in [0.717, 1.165) is 30.0 Å². The summed E-state index contributed by atoms with van der Waals surface area (Å²) >= 11 is 0. The summed E-state index contributed by atoms with van der Waals surface area (Å²) in [4.78, 5) is 0. The first-order chi connectivity index (χ1) is 9.71. The molecule has 0 unspecified atom stereocenters. The molecule has 0 atom stereocenters. The zero-order valence-electron chi connectivity index (χ0n) is 11.8. The molecule has 0 aliphatic heterocycles. The smallest absolute Gasteiger partial charge is 0.145 e. The molecule has 0 saturated carbocycles. The number of benzene rings is 1. The van der Waals surface area contributed by atoms with E-state index in [0.29, 0.717) is 18.0 Å². The predicted octanol–water partition coefficient (Wildman–Crippen LogP) is 2.68. The molecule has 1 aromatic heterocycles. The summed E-state index contributed by atoms with van der Waals surface area (Å²) in [6.45, 7) is 4.62. The van der Waals surface area contributed by atoms with Gasteiger partial charge in [0.15, 0.2) is 0 Å². The molecule has 0 saturated heterocycles. The summed E-state index contributed by atoms with van der Waals surface area (Å²) in [7, 11) is 0. The highest BCUT2D eigenvalue weighted by atomic mass is 16.5. The topological polar surface area (TPSA) is 76.9 Å². The number of nitrogen functional groups attached to an aromatic ring is 1. The second kappa shape index (κ2) is 6.11. The average molecular weight is 270 g/mol. The highest BCUT2D eigenvalue weighted by Crippen LogP contribution is 2.23. The van der Waals surface area contributed by atoms with Crippen LogP contribution in [0.5, 0.6) is 5.75 Å². The molecule has 0 amide bonds. The fourth-order valence-electron chi connectivity index (χ4n) is 2.06. The number of rotatable bonds is 5. The minimum Gasteiger partial charge on any atom is -0.494 e. The van der Waals surface area contributed by atoms with Gasteiger partial charge in [-0.15, -0.1) is 0 Å². The molecule has 104 valence electrons. The van der Waals surface area contributed by atoms with Crippen LogP contribution >= 0.6 is 0 Å². The Morgan fingerprint density at radius 3 is 2.55 bits per heavy atom. The van der Waals surface area contributed by atoms with Crippen LogP contribution in [0.25, 0.3) is 5.69 Å². The van der Waals surface area contributed by atoms with Gasteiger partial charge >= 0.3 is 0 Å². The van der Waals surface area contributed by atoms with Gasteiger partial charge in [-0.3, -0.25) is 0 Å². The van der Waals surface area contributed by atoms with E-state index in [2.05, 4.69) is 11.2 Å². The first kappa shape index (κ1) is 13.9. The Morgan fingerprint density at radius 1 is 1.30 bits per heavy atom. The number of nitrogens with zero attached hydrogens (tertiary/aromatic N) is 3. The molecule has 0 bridgehead atoms. The zero-order chi connectivity index (χ0) is 14.5. The molecule has 1 aromatic carbocycles. The molecule has 5 heteroatoms. The van der Waals surface area contributed by atoms with E-state index in [1.54, 1.807) is 4.68 Å². The quantitative estimate of drug-likeness (QED) is 0.906. The van der Waals surface area contributed by atoms with Gasteiger partial charge in [-0.1, -0.05) is 13.3 Å². The van der Waals surface area contributed by atoms with Gasteiger partial charge in [0.2, 0.25) is 0 Å². The van der Waals surface area contributed by atoms with Crippen molar-refractivity contribution in [1.82, 2.24) is 9.78 Å². The van der Waals surface area contributed by atoms with Crippen molar-refractivity contribution < 1.29 is 4.74 Å². The highest BCUT2D eigenvalue weighted by molar-refractivity contribution is 5.56. The van der Waals surface area contributed by atoms with Crippen molar-refractivity contribution in [1.29, 1.82) is 5.26 Å². The third-order valence-electron chi connectivity index (χ3n) is 2.98. The molecule has 1 heterocycles. The molecule has 5 nitrogen and oxygen atoms in total. The molecule has 0 spiro atoms. The maximum atomic E-state index is 9.20. The molecular formula is C15H18N4O. The Morgan fingerprint density at radius 2 is 2.00 bits per heavy atom. The van der Waals surface area contributed by atoms with Crippen LogP contribution in [0.15, 0.2) is 24.3 Å². The van der Waals surface area contributed by atoms with E-state index in [4.69, 9.17) is 10.5 Å². The summed E-state index contributed by atoms with van der Waals surface area (Å²) in [5.41, 5.74) is 8.07. The Balaban J connectivity index is 2.39. The van der Waals surface area contributed by atoms with Crippen LogP contribution in [0.4, 0.5) is 5.82 Å². The third kappa shape index (κ3) is 2.59. The standard InChI is InChI=1S/C15H18N4O/c1-3-5-14-13(10-16)15(17)19(18-14)11-6-8-12(9-7-11)20-4-2/h6-9H,3-5,17H2,1-2H3. The maximum absolute atomic E-state index is 9.20. The van der Waals surface area contributed by atoms with Crippen LogP contribution < -0.4 is 10.5 Å². The minimum atomic E-state index is 0.389. The van der Waals surface area contributed by atoms with E-state index >= 15 is 0 Å². The average Bonchev–Trinajstić information content (AvgIpc) is 2.77. The lowest BCUT2D eigenvalue weighted by Crippen LogP contribution is -2.02. The molecule has 2 aromatic rings. The molecule has 2 rings (SSSR count). The Labute approximate surface area is 118 Å². The summed E-state index contributed by atoms with van der Waals surface area (Å²) in [5.74, 6) is 1.19. The number of nitrogens with two attached hydrogens (primary N) is 1. The summed E-state index contributed by atoms with van der Waals surface area (Å²) in [5, 5.41) is 13.6. The van der Waals surface area contributed by atoms with Crippen molar-refractivity contribution in [2.45, 2.75) is 26.7 Å². The number of aryl methyl sites for hydroxylation is 1. The first-order valence-electron chi connectivity index (χ1n) is 6.72. The summed E-state index contributed by atoms with van der Waals surface area (Å²) < 4.78 is 7.01. The van der Waals surface area contributed by atoms with Gasteiger partial charge in [-0.25, -0.2) is 4.68 Å². The van der Waals surface area contributed by atoms with Crippen molar-refractivity contribution in [3.63, 3.8) is 0 Å². The molecule has 20 heavy (non-hydrogen) atoms. The monoisotopic (exact) mass is 270 g/mol.